The van der Waals surface area contributed by atoms with E-state index in [1.165, 1.54) is 6.20 Å². The van der Waals surface area contributed by atoms with Crippen LogP contribution in [0.3, 0.4) is 0 Å². The molecule has 0 spiro atoms. The van der Waals surface area contributed by atoms with Crippen LogP contribution in [0.2, 0.25) is 5.02 Å². The molecule has 0 aliphatic carbocycles. The molecule has 0 saturated heterocycles. The molecular weight excluding hydrogens is 320 g/mol. The highest BCUT2D eigenvalue weighted by Gasteiger charge is 2.16. The van der Waals surface area contributed by atoms with Gasteiger partial charge >= 0.3 is 5.97 Å². The topological polar surface area (TPSA) is 77.5 Å². The predicted molar refractivity (Wildman–Crippen MR) is 85.8 cm³/mol. The largest absolute Gasteiger partial charge is 0.482 e. The number of halogens is 1. The van der Waals surface area contributed by atoms with Gasteiger partial charge in [0.25, 0.3) is 5.91 Å². The van der Waals surface area contributed by atoms with E-state index >= 15 is 0 Å². The second kappa shape index (κ2) is 8.14. The lowest BCUT2D eigenvalue weighted by atomic mass is 10.3. The number of rotatable bonds is 6. The quantitative estimate of drug-likeness (QED) is 0.822. The number of ether oxygens (including phenoxy) is 2. The van der Waals surface area contributed by atoms with Crippen molar-refractivity contribution in [2.75, 3.05) is 18.5 Å². The Morgan fingerprint density at radius 3 is 2.74 bits per heavy atom. The molecule has 120 valence electrons. The maximum Gasteiger partial charge on any atom is 0.359 e. The molecule has 0 radical (unpaired) electrons. The smallest absolute Gasteiger partial charge is 0.359 e. The molecule has 23 heavy (non-hydrogen) atoms. The van der Waals surface area contributed by atoms with E-state index in [1.54, 1.807) is 43.3 Å². The zero-order valence-corrected chi connectivity index (χ0v) is 13.2. The third-order valence-electron chi connectivity index (χ3n) is 2.75. The molecule has 2 aromatic rings. The van der Waals surface area contributed by atoms with Crippen molar-refractivity contribution in [2.45, 2.75) is 6.92 Å². The van der Waals surface area contributed by atoms with Gasteiger partial charge in [-0.15, -0.1) is 0 Å². The molecule has 7 heteroatoms. The lowest BCUT2D eigenvalue weighted by Crippen LogP contribution is -2.22. The summed E-state index contributed by atoms with van der Waals surface area (Å²) in [6.45, 7) is 1.66. The number of anilines is 1. The Labute approximate surface area is 138 Å². The number of nitrogens with one attached hydrogen (secondary N) is 1. The van der Waals surface area contributed by atoms with Gasteiger partial charge in [0, 0.05) is 6.20 Å². The van der Waals surface area contributed by atoms with Gasteiger partial charge in [0.1, 0.15) is 5.75 Å². The highest BCUT2D eigenvalue weighted by molar-refractivity contribution is 6.32. The van der Waals surface area contributed by atoms with Gasteiger partial charge in [-0.2, -0.15) is 0 Å². The monoisotopic (exact) mass is 334 g/mol. The number of para-hydroxylation sites is 1. The molecule has 0 aliphatic rings. The number of pyridine rings is 1. The van der Waals surface area contributed by atoms with E-state index in [4.69, 9.17) is 21.1 Å². The zero-order chi connectivity index (χ0) is 16.7. The number of benzene rings is 1. The first-order valence-corrected chi connectivity index (χ1v) is 7.29. The summed E-state index contributed by atoms with van der Waals surface area (Å²) in [5, 5.41) is 2.98. The Kier molecular flexibility index (Phi) is 5.94. The van der Waals surface area contributed by atoms with Crippen molar-refractivity contribution in [2.24, 2.45) is 0 Å². The molecule has 2 rings (SSSR count). The first kappa shape index (κ1) is 16.8. The standard InChI is InChI=1S/C16H15ClN2O4/c1-2-22-16(21)15-12(7-5-9-18-15)19-14(20)10-23-13-8-4-3-6-11(13)17/h3-9H,2,10H2,1H3,(H,19,20). The molecule has 0 aliphatic heterocycles. The normalized spacial score (nSPS) is 10.0. The molecule has 1 aromatic carbocycles. The Morgan fingerprint density at radius 1 is 1.22 bits per heavy atom. The predicted octanol–water partition coefficient (Wildman–Crippen LogP) is 2.93. The Morgan fingerprint density at radius 2 is 2.00 bits per heavy atom. The molecule has 1 aromatic heterocycles. The summed E-state index contributed by atoms with van der Waals surface area (Å²) in [6.07, 6.45) is 1.45. The summed E-state index contributed by atoms with van der Waals surface area (Å²) >= 11 is 5.94. The lowest BCUT2D eigenvalue weighted by Gasteiger charge is -2.10. The van der Waals surface area contributed by atoms with E-state index in [0.717, 1.165) is 0 Å². The first-order chi connectivity index (χ1) is 11.1. The number of hydrogen-bond acceptors (Lipinski definition) is 5. The van der Waals surface area contributed by atoms with Crippen LogP contribution in [0.4, 0.5) is 5.69 Å². The molecular formula is C16H15ClN2O4. The van der Waals surface area contributed by atoms with Crippen LogP contribution in [0.25, 0.3) is 0 Å². The van der Waals surface area contributed by atoms with Crippen LogP contribution in [0.15, 0.2) is 42.6 Å². The molecule has 1 heterocycles. The van der Waals surface area contributed by atoms with E-state index in [-0.39, 0.29) is 24.6 Å². The number of carbonyl (C=O) groups excluding carboxylic acids is 2. The summed E-state index contributed by atoms with van der Waals surface area (Å²) in [7, 11) is 0. The Balaban J connectivity index is 2.01. The fourth-order valence-electron chi connectivity index (χ4n) is 1.76. The molecule has 0 bridgehead atoms. The number of nitrogens with zero attached hydrogens (tertiary/aromatic N) is 1. The summed E-state index contributed by atoms with van der Waals surface area (Å²) in [6, 6.07) is 9.99. The highest BCUT2D eigenvalue weighted by Crippen LogP contribution is 2.23. The maximum atomic E-state index is 12.0. The highest BCUT2D eigenvalue weighted by atomic mass is 35.5. The average Bonchev–Trinajstić information content (AvgIpc) is 2.55. The molecule has 1 amide bonds. The fourth-order valence-corrected chi connectivity index (χ4v) is 1.95. The van der Waals surface area contributed by atoms with Crippen LogP contribution >= 0.6 is 11.6 Å². The maximum absolute atomic E-state index is 12.0. The molecule has 0 fully saturated rings. The van der Waals surface area contributed by atoms with Crippen molar-refractivity contribution in [1.29, 1.82) is 0 Å². The van der Waals surface area contributed by atoms with E-state index in [0.29, 0.717) is 10.8 Å². The molecule has 0 atom stereocenters. The SMILES string of the molecule is CCOC(=O)c1ncccc1NC(=O)COc1ccccc1Cl. The minimum atomic E-state index is -0.601. The van der Waals surface area contributed by atoms with Crippen molar-refractivity contribution in [1.82, 2.24) is 4.98 Å². The molecule has 6 nitrogen and oxygen atoms in total. The van der Waals surface area contributed by atoms with Crippen molar-refractivity contribution < 1.29 is 19.1 Å². The molecule has 0 unspecified atom stereocenters. The van der Waals surface area contributed by atoms with Gasteiger partial charge in [-0.25, -0.2) is 9.78 Å². The summed E-state index contributed by atoms with van der Waals surface area (Å²) in [4.78, 5) is 27.7. The lowest BCUT2D eigenvalue weighted by molar-refractivity contribution is -0.118. The van der Waals surface area contributed by atoms with Crippen molar-refractivity contribution in [3.63, 3.8) is 0 Å². The average molecular weight is 335 g/mol. The van der Waals surface area contributed by atoms with Crippen LogP contribution in [0, 0.1) is 0 Å². The Hall–Kier alpha value is -2.60. The van der Waals surface area contributed by atoms with E-state index in [1.807, 2.05) is 0 Å². The van der Waals surface area contributed by atoms with E-state index < -0.39 is 11.9 Å². The summed E-state index contributed by atoms with van der Waals surface area (Å²) in [5.41, 5.74) is 0.305. The van der Waals surface area contributed by atoms with Gasteiger partial charge in [-0.05, 0) is 31.2 Å². The van der Waals surface area contributed by atoms with Gasteiger partial charge in [-0.1, -0.05) is 23.7 Å². The number of aromatic nitrogens is 1. The van der Waals surface area contributed by atoms with Crippen LogP contribution in [-0.4, -0.2) is 30.1 Å². The van der Waals surface area contributed by atoms with E-state index in [2.05, 4.69) is 10.3 Å². The minimum absolute atomic E-state index is 0.0421. The Bertz CT molecular complexity index is 706. The van der Waals surface area contributed by atoms with Crippen molar-refractivity contribution >= 4 is 29.2 Å². The second-order valence-corrected chi connectivity index (χ2v) is 4.79. The first-order valence-electron chi connectivity index (χ1n) is 6.91. The fraction of sp³-hybridized carbons (Fsp3) is 0.188. The van der Waals surface area contributed by atoms with Crippen LogP contribution in [0.1, 0.15) is 17.4 Å². The molecule has 1 N–H and O–H groups in total. The van der Waals surface area contributed by atoms with E-state index in [9.17, 15) is 9.59 Å². The van der Waals surface area contributed by atoms with Crippen LogP contribution in [-0.2, 0) is 9.53 Å². The van der Waals surface area contributed by atoms with Crippen LogP contribution in [0.5, 0.6) is 5.75 Å². The van der Waals surface area contributed by atoms with Gasteiger partial charge in [-0.3, -0.25) is 4.79 Å². The number of carbonyl (C=O) groups is 2. The van der Waals surface area contributed by atoms with Gasteiger partial charge in [0.15, 0.2) is 12.3 Å². The van der Waals surface area contributed by atoms with Crippen molar-refractivity contribution in [3.8, 4) is 5.75 Å². The minimum Gasteiger partial charge on any atom is -0.482 e. The third-order valence-corrected chi connectivity index (χ3v) is 3.06. The number of esters is 1. The van der Waals surface area contributed by atoms with Crippen molar-refractivity contribution in [3.05, 3.63) is 53.3 Å². The van der Waals surface area contributed by atoms with Crippen LogP contribution < -0.4 is 10.1 Å². The number of hydrogen-bond donors (Lipinski definition) is 1. The molecule has 0 saturated carbocycles. The second-order valence-electron chi connectivity index (χ2n) is 4.39. The summed E-state index contributed by atoms with van der Waals surface area (Å²) in [5.74, 6) is -0.639. The summed E-state index contributed by atoms with van der Waals surface area (Å²) < 4.78 is 10.2. The van der Waals surface area contributed by atoms with Gasteiger partial charge < -0.3 is 14.8 Å². The third kappa shape index (κ3) is 4.69. The number of amides is 1. The van der Waals surface area contributed by atoms with Gasteiger partial charge in [0.05, 0.1) is 17.3 Å². The van der Waals surface area contributed by atoms with Gasteiger partial charge in [0.2, 0.25) is 0 Å². The zero-order valence-electron chi connectivity index (χ0n) is 12.4.